The molecule has 0 atom stereocenters. The molecule has 2 aromatic heterocycles. The largest absolute Gasteiger partial charge is 0.351 e. The number of fused-ring (bicyclic) bond motifs is 1. The van der Waals surface area contributed by atoms with Gasteiger partial charge in [0.2, 0.25) is 0 Å². The summed E-state index contributed by atoms with van der Waals surface area (Å²) in [4.78, 5) is 15.4. The van der Waals surface area contributed by atoms with E-state index in [2.05, 4.69) is 25.8 Å². The number of halogens is 1. The second-order valence-corrected chi connectivity index (χ2v) is 5.58. The number of aromatic nitrogens is 5. The van der Waals surface area contributed by atoms with Crippen LogP contribution in [0.3, 0.4) is 0 Å². The van der Waals surface area contributed by atoms with E-state index in [1.807, 2.05) is 6.07 Å². The van der Waals surface area contributed by atoms with Gasteiger partial charge in [-0.3, -0.25) is 4.79 Å². The summed E-state index contributed by atoms with van der Waals surface area (Å²) in [6, 6.07) is 13.2. The van der Waals surface area contributed by atoms with E-state index >= 15 is 0 Å². The molecular formula is C17H13FN6O. The molecule has 0 radical (unpaired) electrons. The van der Waals surface area contributed by atoms with Crippen molar-refractivity contribution in [2.24, 2.45) is 7.05 Å². The number of nitrogens with zero attached hydrogens (tertiary/aromatic N) is 4. The summed E-state index contributed by atoms with van der Waals surface area (Å²) in [5.41, 5.74) is 2.44. The first-order chi connectivity index (χ1) is 12.1. The normalized spacial score (nSPS) is 11.0. The molecule has 0 fully saturated rings. The Balaban J connectivity index is 1.61. The van der Waals surface area contributed by atoms with Gasteiger partial charge in [0.15, 0.2) is 5.82 Å². The van der Waals surface area contributed by atoms with Crippen LogP contribution in [-0.2, 0) is 7.05 Å². The zero-order valence-electron chi connectivity index (χ0n) is 13.2. The molecule has 8 heteroatoms. The van der Waals surface area contributed by atoms with Gasteiger partial charge in [-0.15, -0.1) is 5.10 Å². The summed E-state index contributed by atoms with van der Waals surface area (Å²) in [6.07, 6.45) is 0. The van der Waals surface area contributed by atoms with Crippen molar-refractivity contribution in [3.05, 3.63) is 60.0 Å². The SMILES string of the molecule is Cn1nnnc1-c1cccc(NC(=O)c2cc3cc(F)ccc3[nH]2)c1. The van der Waals surface area contributed by atoms with Gasteiger partial charge < -0.3 is 10.3 Å². The lowest BCUT2D eigenvalue weighted by Crippen LogP contribution is -2.12. The van der Waals surface area contributed by atoms with Crippen LogP contribution < -0.4 is 5.32 Å². The second-order valence-electron chi connectivity index (χ2n) is 5.58. The highest BCUT2D eigenvalue weighted by molar-refractivity contribution is 6.06. The number of carbonyl (C=O) groups excluding carboxylic acids is 1. The minimum absolute atomic E-state index is 0.315. The third-order valence-corrected chi connectivity index (χ3v) is 3.83. The number of hydrogen-bond donors (Lipinski definition) is 2. The smallest absolute Gasteiger partial charge is 0.272 e. The summed E-state index contributed by atoms with van der Waals surface area (Å²) in [5.74, 6) is -0.0644. The fourth-order valence-corrected chi connectivity index (χ4v) is 2.63. The maximum atomic E-state index is 13.3. The van der Waals surface area contributed by atoms with Crippen LogP contribution in [0.2, 0.25) is 0 Å². The number of nitrogens with one attached hydrogen (secondary N) is 2. The Kier molecular flexibility index (Phi) is 3.50. The first-order valence-corrected chi connectivity index (χ1v) is 7.52. The molecule has 2 heterocycles. The van der Waals surface area contributed by atoms with Crippen LogP contribution in [0, 0.1) is 5.82 Å². The van der Waals surface area contributed by atoms with Gasteiger partial charge in [-0.2, -0.15) is 0 Å². The van der Waals surface area contributed by atoms with E-state index < -0.39 is 0 Å². The number of tetrazole rings is 1. The maximum Gasteiger partial charge on any atom is 0.272 e. The monoisotopic (exact) mass is 336 g/mol. The zero-order chi connectivity index (χ0) is 17.4. The summed E-state index contributed by atoms with van der Waals surface area (Å²) in [6.45, 7) is 0. The standard InChI is InChI=1S/C17H13FN6O/c1-24-16(21-22-23-24)10-3-2-4-13(8-10)19-17(25)15-9-11-7-12(18)5-6-14(11)20-15/h2-9,20H,1H3,(H,19,25). The number of hydrogen-bond acceptors (Lipinski definition) is 4. The number of carbonyl (C=O) groups is 1. The van der Waals surface area contributed by atoms with Crippen LogP contribution in [0.25, 0.3) is 22.3 Å². The van der Waals surface area contributed by atoms with Gasteiger partial charge in [-0.1, -0.05) is 12.1 Å². The average molecular weight is 336 g/mol. The predicted octanol–water partition coefficient (Wildman–Crippen LogP) is 2.75. The number of H-pyrrole nitrogens is 1. The maximum absolute atomic E-state index is 13.3. The van der Waals surface area contributed by atoms with Gasteiger partial charge in [0.1, 0.15) is 11.5 Å². The second kappa shape index (κ2) is 5.82. The third-order valence-electron chi connectivity index (χ3n) is 3.83. The number of amides is 1. The topological polar surface area (TPSA) is 88.5 Å². The van der Waals surface area contributed by atoms with Gasteiger partial charge in [-0.05, 0) is 46.8 Å². The zero-order valence-corrected chi connectivity index (χ0v) is 13.2. The number of aryl methyl sites for hydroxylation is 1. The Morgan fingerprint density at radius 1 is 1.20 bits per heavy atom. The van der Waals surface area contributed by atoms with Crippen LogP contribution in [-0.4, -0.2) is 31.1 Å². The van der Waals surface area contributed by atoms with Crippen LogP contribution in [0.4, 0.5) is 10.1 Å². The molecule has 0 aliphatic carbocycles. The molecule has 2 aromatic carbocycles. The lowest BCUT2D eigenvalue weighted by Gasteiger charge is -2.06. The van der Waals surface area contributed by atoms with Gasteiger partial charge in [0.25, 0.3) is 5.91 Å². The van der Waals surface area contributed by atoms with Crippen molar-refractivity contribution in [2.45, 2.75) is 0 Å². The number of anilines is 1. The minimum Gasteiger partial charge on any atom is -0.351 e. The van der Waals surface area contributed by atoms with Gasteiger partial charge in [0.05, 0.1) is 0 Å². The highest BCUT2D eigenvalue weighted by Gasteiger charge is 2.12. The summed E-state index contributed by atoms with van der Waals surface area (Å²) in [5, 5.41) is 14.8. The van der Waals surface area contributed by atoms with E-state index in [-0.39, 0.29) is 11.7 Å². The Morgan fingerprint density at radius 2 is 2.08 bits per heavy atom. The number of aromatic amines is 1. The molecule has 0 aliphatic rings. The van der Waals surface area contributed by atoms with E-state index in [4.69, 9.17) is 0 Å². The van der Waals surface area contributed by atoms with E-state index in [0.29, 0.717) is 28.1 Å². The van der Waals surface area contributed by atoms with Crippen molar-refractivity contribution in [1.29, 1.82) is 0 Å². The highest BCUT2D eigenvalue weighted by atomic mass is 19.1. The lowest BCUT2D eigenvalue weighted by atomic mass is 10.2. The van der Waals surface area contributed by atoms with Crippen molar-refractivity contribution in [3.63, 3.8) is 0 Å². The third kappa shape index (κ3) is 2.85. The van der Waals surface area contributed by atoms with Crippen molar-refractivity contribution in [1.82, 2.24) is 25.2 Å². The summed E-state index contributed by atoms with van der Waals surface area (Å²) >= 11 is 0. The van der Waals surface area contributed by atoms with E-state index in [9.17, 15) is 9.18 Å². The Hall–Kier alpha value is -3.55. The van der Waals surface area contributed by atoms with E-state index in [1.165, 1.54) is 12.1 Å². The molecule has 124 valence electrons. The fourth-order valence-electron chi connectivity index (χ4n) is 2.63. The van der Waals surface area contributed by atoms with Crippen molar-refractivity contribution in [2.75, 3.05) is 5.32 Å². The first-order valence-electron chi connectivity index (χ1n) is 7.52. The number of rotatable bonds is 3. The molecule has 2 N–H and O–H groups in total. The van der Waals surface area contributed by atoms with E-state index in [1.54, 1.807) is 42.1 Å². The lowest BCUT2D eigenvalue weighted by molar-refractivity contribution is 0.102. The van der Waals surface area contributed by atoms with Crippen molar-refractivity contribution < 1.29 is 9.18 Å². The summed E-state index contributed by atoms with van der Waals surface area (Å²) in [7, 11) is 1.74. The van der Waals surface area contributed by atoms with E-state index in [0.717, 1.165) is 5.56 Å². The van der Waals surface area contributed by atoms with Crippen LogP contribution in [0.15, 0.2) is 48.5 Å². The molecule has 0 spiro atoms. The first kappa shape index (κ1) is 15.0. The molecule has 25 heavy (non-hydrogen) atoms. The molecule has 7 nitrogen and oxygen atoms in total. The number of benzene rings is 2. The average Bonchev–Trinajstić information content (AvgIpc) is 3.20. The molecular weight excluding hydrogens is 323 g/mol. The molecule has 4 aromatic rings. The minimum atomic E-state index is -0.344. The van der Waals surface area contributed by atoms with Gasteiger partial charge in [0, 0.05) is 29.2 Å². The van der Waals surface area contributed by atoms with Crippen LogP contribution in [0.5, 0.6) is 0 Å². The highest BCUT2D eigenvalue weighted by Crippen LogP contribution is 2.21. The quantitative estimate of drug-likeness (QED) is 0.602. The molecule has 0 saturated carbocycles. The Bertz CT molecular complexity index is 1080. The van der Waals surface area contributed by atoms with Crippen LogP contribution in [0.1, 0.15) is 10.5 Å². The molecule has 0 bridgehead atoms. The van der Waals surface area contributed by atoms with Gasteiger partial charge >= 0.3 is 0 Å². The van der Waals surface area contributed by atoms with Crippen molar-refractivity contribution >= 4 is 22.5 Å². The fraction of sp³-hybridized carbons (Fsp3) is 0.0588. The van der Waals surface area contributed by atoms with Gasteiger partial charge in [-0.25, -0.2) is 9.07 Å². The molecule has 1 amide bonds. The molecule has 4 rings (SSSR count). The van der Waals surface area contributed by atoms with Crippen molar-refractivity contribution in [3.8, 4) is 11.4 Å². The molecule has 0 unspecified atom stereocenters. The molecule has 0 saturated heterocycles. The van der Waals surface area contributed by atoms with Crippen LogP contribution >= 0.6 is 0 Å². The summed E-state index contributed by atoms with van der Waals surface area (Å²) < 4.78 is 14.8. The molecule has 0 aliphatic heterocycles. The predicted molar refractivity (Wildman–Crippen MR) is 90.4 cm³/mol. The Morgan fingerprint density at radius 3 is 2.88 bits per heavy atom. The Labute approximate surface area is 141 Å².